The van der Waals surface area contributed by atoms with Gasteiger partial charge in [0.2, 0.25) is 0 Å². The molecular formula is C13H9ClN2O2. The van der Waals surface area contributed by atoms with Gasteiger partial charge in [0.15, 0.2) is 11.6 Å². The predicted molar refractivity (Wildman–Crippen MR) is 69.6 cm³/mol. The van der Waals surface area contributed by atoms with Crippen LogP contribution in [0.25, 0.3) is 22.6 Å². The highest BCUT2D eigenvalue weighted by Gasteiger charge is 2.09. The first-order valence-corrected chi connectivity index (χ1v) is 5.94. The SMILES string of the molecule is O=c1[nH]c(-c2cc3ccccc3o2)ncc1CCl. The number of alkyl halides is 1. The van der Waals surface area contributed by atoms with Crippen LogP contribution >= 0.6 is 11.6 Å². The summed E-state index contributed by atoms with van der Waals surface area (Å²) >= 11 is 5.61. The Balaban J connectivity index is 2.14. The Kier molecular flexibility index (Phi) is 2.64. The third-order valence-corrected chi connectivity index (χ3v) is 2.96. The molecule has 4 nitrogen and oxygen atoms in total. The molecule has 0 atom stereocenters. The van der Waals surface area contributed by atoms with E-state index in [0.29, 0.717) is 17.1 Å². The van der Waals surface area contributed by atoms with Crippen LogP contribution in [0.5, 0.6) is 0 Å². The van der Waals surface area contributed by atoms with Crippen LogP contribution in [0.4, 0.5) is 0 Å². The molecule has 0 bridgehead atoms. The fraction of sp³-hybridized carbons (Fsp3) is 0.0769. The molecule has 0 aliphatic heterocycles. The molecule has 0 spiro atoms. The Morgan fingerprint density at radius 3 is 2.89 bits per heavy atom. The molecule has 1 aromatic carbocycles. The standard InChI is InChI=1S/C13H9ClN2O2/c14-6-9-7-15-12(16-13(9)17)11-5-8-3-1-2-4-10(8)18-11/h1-5,7H,6H2,(H,15,16,17). The number of furan rings is 1. The second-order valence-electron chi connectivity index (χ2n) is 3.87. The molecule has 3 aromatic rings. The molecule has 1 N–H and O–H groups in total. The summed E-state index contributed by atoms with van der Waals surface area (Å²) in [5, 5.41) is 0.969. The zero-order chi connectivity index (χ0) is 12.5. The molecule has 5 heteroatoms. The number of nitrogens with zero attached hydrogens (tertiary/aromatic N) is 1. The lowest BCUT2D eigenvalue weighted by Crippen LogP contribution is -2.12. The summed E-state index contributed by atoms with van der Waals surface area (Å²) in [5.41, 5.74) is 0.962. The zero-order valence-electron chi connectivity index (χ0n) is 9.31. The largest absolute Gasteiger partial charge is 0.453 e. The van der Waals surface area contributed by atoms with Crippen molar-refractivity contribution in [3.05, 3.63) is 52.4 Å². The van der Waals surface area contributed by atoms with Gasteiger partial charge in [-0.3, -0.25) is 4.79 Å². The molecule has 90 valence electrons. The number of aromatic amines is 1. The van der Waals surface area contributed by atoms with Gasteiger partial charge in [0.1, 0.15) is 5.58 Å². The first kappa shape index (κ1) is 11.0. The van der Waals surface area contributed by atoms with Crippen LogP contribution in [0.15, 0.2) is 45.7 Å². The Hall–Kier alpha value is -2.07. The van der Waals surface area contributed by atoms with Crippen LogP contribution < -0.4 is 5.56 Å². The molecule has 2 aromatic heterocycles. The zero-order valence-corrected chi connectivity index (χ0v) is 10.1. The van der Waals surface area contributed by atoms with Crippen molar-refractivity contribution in [1.29, 1.82) is 0 Å². The van der Waals surface area contributed by atoms with Gasteiger partial charge in [-0.15, -0.1) is 11.6 Å². The monoisotopic (exact) mass is 260 g/mol. The van der Waals surface area contributed by atoms with Crippen molar-refractivity contribution in [3.8, 4) is 11.6 Å². The fourth-order valence-corrected chi connectivity index (χ4v) is 1.93. The van der Waals surface area contributed by atoms with Crippen LogP contribution in [0, 0.1) is 0 Å². The molecule has 0 radical (unpaired) electrons. The maximum Gasteiger partial charge on any atom is 0.255 e. The smallest absolute Gasteiger partial charge is 0.255 e. The van der Waals surface area contributed by atoms with Crippen molar-refractivity contribution in [2.24, 2.45) is 0 Å². The van der Waals surface area contributed by atoms with Crippen molar-refractivity contribution in [2.45, 2.75) is 5.88 Å². The number of benzene rings is 1. The quantitative estimate of drug-likeness (QED) is 0.721. The summed E-state index contributed by atoms with van der Waals surface area (Å²) in [6.07, 6.45) is 1.47. The number of fused-ring (bicyclic) bond motifs is 1. The number of hydrogen-bond acceptors (Lipinski definition) is 3. The number of nitrogens with one attached hydrogen (secondary N) is 1. The summed E-state index contributed by atoms with van der Waals surface area (Å²) < 4.78 is 5.62. The molecule has 0 saturated heterocycles. The van der Waals surface area contributed by atoms with Crippen LogP contribution in [0.2, 0.25) is 0 Å². The lowest BCUT2D eigenvalue weighted by atomic mass is 10.2. The van der Waals surface area contributed by atoms with Crippen molar-refractivity contribution in [3.63, 3.8) is 0 Å². The second kappa shape index (κ2) is 4.31. The Labute approximate surface area is 107 Å². The Bertz CT molecular complexity index is 728. The molecule has 0 saturated carbocycles. The minimum Gasteiger partial charge on any atom is -0.453 e. The van der Waals surface area contributed by atoms with Crippen LogP contribution in [-0.4, -0.2) is 9.97 Å². The number of H-pyrrole nitrogens is 1. The topological polar surface area (TPSA) is 58.9 Å². The summed E-state index contributed by atoms with van der Waals surface area (Å²) in [5.74, 6) is 1.09. The first-order chi connectivity index (χ1) is 8.78. The van der Waals surface area contributed by atoms with Crippen molar-refractivity contribution >= 4 is 22.6 Å². The minimum atomic E-state index is -0.240. The van der Waals surface area contributed by atoms with E-state index in [-0.39, 0.29) is 11.4 Å². The summed E-state index contributed by atoms with van der Waals surface area (Å²) in [6, 6.07) is 9.46. The normalized spacial score (nSPS) is 10.9. The third kappa shape index (κ3) is 1.80. The van der Waals surface area contributed by atoms with Crippen molar-refractivity contribution in [1.82, 2.24) is 9.97 Å². The number of aromatic nitrogens is 2. The number of para-hydroxylation sites is 1. The lowest BCUT2D eigenvalue weighted by Gasteiger charge is -1.97. The third-order valence-electron chi connectivity index (χ3n) is 2.68. The highest BCUT2D eigenvalue weighted by atomic mass is 35.5. The maximum atomic E-state index is 11.6. The van der Waals surface area contributed by atoms with Crippen LogP contribution in [0.3, 0.4) is 0 Å². The van der Waals surface area contributed by atoms with Gasteiger partial charge in [-0.25, -0.2) is 4.98 Å². The predicted octanol–water partition coefficient (Wildman–Crippen LogP) is 2.92. The van der Waals surface area contributed by atoms with Crippen LogP contribution in [-0.2, 0) is 5.88 Å². The number of rotatable bonds is 2. The number of hydrogen-bond donors (Lipinski definition) is 1. The highest BCUT2D eigenvalue weighted by molar-refractivity contribution is 6.17. The second-order valence-corrected chi connectivity index (χ2v) is 4.14. The van der Waals surface area contributed by atoms with E-state index in [1.54, 1.807) is 0 Å². The van der Waals surface area contributed by atoms with E-state index in [1.807, 2.05) is 30.3 Å². The van der Waals surface area contributed by atoms with Gasteiger partial charge >= 0.3 is 0 Å². The van der Waals surface area contributed by atoms with Crippen molar-refractivity contribution in [2.75, 3.05) is 0 Å². The Morgan fingerprint density at radius 2 is 2.17 bits per heavy atom. The average Bonchev–Trinajstić information content (AvgIpc) is 2.82. The van der Waals surface area contributed by atoms with E-state index >= 15 is 0 Å². The minimum absolute atomic E-state index is 0.142. The molecule has 0 unspecified atom stereocenters. The van der Waals surface area contributed by atoms with E-state index < -0.39 is 0 Å². The average molecular weight is 261 g/mol. The van der Waals surface area contributed by atoms with Crippen molar-refractivity contribution < 1.29 is 4.42 Å². The van der Waals surface area contributed by atoms with E-state index in [1.165, 1.54) is 6.20 Å². The van der Waals surface area contributed by atoms with Gasteiger partial charge in [-0.2, -0.15) is 0 Å². The van der Waals surface area contributed by atoms with Gasteiger partial charge < -0.3 is 9.40 Å². The van der Waals surface area contributed by atoms with Gasteiger partial charge in [0.25, 0.3) is 5.56 Å². The first-order valence-electron chi connectivity index (χ1n) is 5.41. The molecule has 0 amide bonds. The summed E-state index contributed by atoms with van der Waals surface area (Å²) in [6.45, 7) is 0. The van der Waals surface area contributed by atoms with Gasteiger partial charge in [-0.1, -0.05) is 18.2 Å². The molecule has 2 heterocycles. The molecule has 3 rings (SSSR count). The number of halogens is 1. The summed E-state index contributed by atoms with van der Waals surface area (Å²) in [7, 11) is 0. The molecule has 0 aliphatic rings. The van der Waals surface area contributed by atoms with Gasteiger partial charge in [0.05, 0.1) is 11.4 Å². The fourth-order valence-electron chi connectivity index (χ4n) is 1.74. The van der Waals surface area contributed by atoms with Gasteiger partial charge in [-0.05, 0) is 12.1 Å². The molecular weight excluding hydrogens is 252 g/mol. The Morgan fingerprint density at radius 1 is 1.33 bits per heavy atom. The highest BCUT2D eigenvalue weighted by Crippen LogP contribution is 2.24. The van der Waals surface area contributed by atoms with E-state index in [2.05, 4.69) is 9.97 Å². The van der Waals surface area contributed by atoms with E-state index in [4.69, 9.17) is 16.0 Å². The molecule has 18 heavy (non-hydrogen) atoms. The van der Waals surface area contributed by atoms with E-state index in [9.17, 15) is 4.79 Å². The summed E-state index contributed by atoms with van der Waals surface area (Å²) in [4.78, 5) is 18.4. The maximum absolute atomic E-state index is 11.6. The molecule has 0 aliphatic carbocycles. The van der Waals surface area contributed by atoms with Crippen LogP contribution in [0.1, 0.15) is 5.56 Å². The van der Waals surface area contributed by atoms with Gasteiger partial charge in [0, 0.05) is 11.6 Å². The molecule has 0 fully saturated rings. The van der Waals surface area contributed by atoms with E-state index in [0.717, 1.165) is 11.0 Å². The lowest BCUT2D eigenvalue weighted by molar-refractivity contribution is 0.624.